The van der Waals surface area contributed by atoms with Crippen molar-refractivity contribution in [3.05, 3.63) is 228 Å². The average molecular weight is 1000 g/mol. The van der Waals surface area contributed by atoms with E-state index >= 15 is 0 Å². The Morgan fingerprint density at radius 2 is 1.03 bits per heavy atom. The van der Waals surface area contributed by atoms with Crippen LogP contribution in [0.25, 0.3) is 0 Å². The highest BCUT2D eigenvalue weighted by Crippen LogP contribution is 2.23. The molecule has 1 aliphatic rings. The van der Waals surface area contributed by atoms with Crippen molar-refractivity contribution in [1.82, 2.24) is 20.3 Å². The van der Waals surface area contributed by atoms with Crippen molar-refractivity contribution in [1.29, 1.82) is 0 Å². The minimum Gasteiger partial charge on any atom is -0.497 e. The Kier molecular flexibility index (Phi) is 19.2. The molecule has 1 unspecified atom stereocenters. The summed E-state index contributed by atoms with van der Waals surface area (Å²) >= 11 is 0. The smallest absolute Gasteiger partial charge is 0.255 e. The Balaban J connectivity index is 0.000000162. The van der Waals surface area contributed by atoms with Crippen LogP contribution in [0.2, 0.25) is 0 Å². The fourth-order valence-electron chi connectivity index (χ4n) is 7.02. The van der Waals surface area contributed by atoms with Crippen molar-refractivity contribution >= 4 is 40.7 Å². The van der Waals surface area contributed by atoms with E-state index in [4.69, 9.17) is 18.9 Å². The van der Waals surface area contributed by atoms with Gasteiger partial charge in [-0.05, 0) is 91.3 Å². The van der Waals surface area contributed by atoms with Crippen molar-refractivity contribution in [3.63, 3.8) is 0 Å². The number of methoxy groups -OCH3 is 1. The zero-order valence-electron chi connectivity index (χ0n) is 40.1. The molecule has 0 bridgehead atoms. The Hall–Kier alpha value is -9.51. The molecule has 4 heterocycles. The second-order valence-corrected chi connectivity index (χ2v) is 16.3. The zero-order valence-corrected chi connectivity index (χ0v) is 40.1. The lowest BCUT2D eigenvalue weighted by Gasteiger charge is -2.12. The molecule has 4 amide bonds. The highest BCUT2D eigenvalue weighted by molar-refractivity contribution is 6.04. The van der Waals surface area contributed by atoms with Crippen LogP contribution < -0.4 is 40.2 Å². The number of aromatic nitrogens is 3. The number of anilines is 3. The van der Waals surface area contributed by atoms with Crippen LogP contribution in [-0.4, -0.2) is 51.7 Å². The molecule has 1 aliphatic heterocycles. The summed E-state index contributed by atoms with van der Waals surface area (Å²) in [5, 5.41) is 10.9. The Bertz CT molecular complexity index is 3100. The van der Waals surface area contributed by atoms with Gasteiger partial charge in [0.15, 0.2) is 0 Å². The van der Waals surface area contributed by atoms with Crippen LogP contribution >= 0.6 is 0 Å². The number of amides is 4. The summed E-state index contributed by atoms with van der Waals surface area (Å²) in [7, 11) is 1.57. The predicted molar refractivity (Wildman–Crippen MR) is 274 cm³/mol. The Labute approximate surface area is 426 Å². The SMILES string of the molecule is COc1cccc(C(=O)Nc2cccc(OCc3cccnc3)c2)c1.O=C(Cc1c(F)cccc1F)Nc1cccc(OCc2cccnc2)c1.O=C1CCC(C(=O)Nc2cccc(OCc3cccnc3)c2)N1. The fraction of sp³-hybridized carbons (Fsp3) is 0.140. The van der Waals surface area contributed by atoms with E-state index in [1.54, 1.807) is 117 Å². The van der Waals surface area contributed by atoms with Gasteiger partial charge in [0.25, 0.3) is 5.91 Å². The monoisotopic (exact) mass is 999 g/mol. The molecular formula is C57H51F2N7O8. The Morgan fingerprint density at radius 1 is 0.568 bits per heavy atom. The van der Waals surface area contributed by atoms with E-state index in [0.717, 1.165) is 28.8 Å². The molecule has 1 fully saturated rings. The third-order valence-electron chi connectivity index (χ3n) is 10.7. The fourth-order valence-corrected chi connectivity index (χ4v) is 7.02. The third-order valence-corrected chi connectivity index (χ3v) is 10.7. The van der Waals surface area contributed by atoms with Crippen LogP contribution in [-0.2, 0) is 40.6 Å². The lowest BCUT2D eigenvalue weighted by molar-refractivity contribution is -0.122. The first-order valence-corrected chi connectivity index (χ1v) is 23.2. The maximum Gasteiger partial charge on any atom is 0.255 e. The molecule has 0 radical (unpaired) electrons. The van der Waals surface area contributed by atoms with E-state index in [0.29, 0.717) is 78.3 Å². The second-order valence-electron chi connectivity index (χ2n) is 16.3. The summed E-state index contributed by atoms with van der Waals surface area (Å²) in [5.41, 5.74) is 4.92. The molecular weight excluding hydrogens is 949 g/mol. The van der Waals surface area contributed by atoms with Crippen LogP contribution in [0.3, 0.4) is 0 Å². The number of hydrogen-bond acceptors (Lipinski definition) is 11. The highest BCUT2D eigenvalue weighted by atomic mass is 19.1. The summed E-state index contributed by atoms with van der Waals surface area (Å²) in [6.45, 7) is 1.16. The zero-order chi connectivity index (χ0) is 51.9. The van der Waals surface area contributed by atoms with Gasteiger partial charge in [0.1, 0.15) is 60.5 Å². The van der Waals surface area contributed by atoms with Gasteiger partial charge in [0.2, 0.25) is 17.7 Å². The van der Waals surface area contributed by atoms with Gasteiger partial charge in [0.05, 0.1) is 13.5 Å². The second kappa shape index (κ2) is 27.2. The predicted octanol–water partition coefficient (Wildman–Crippen LogP) is 9.92. The number of ether oxygens (including phenoxy) is 4. The molecule has 5 aromatic carbocycles. The van der Waals surface area contributed by atoms with Crippen LogP contribution in [0, 0.1) is 11.6 Å². The van der Waals surface area contributed by atoms with Gasteiger partial charge < -0.3 is 40.2 Å². The summed E-state index contributed by atoms with van der Waals surface area (Å²) in [5.74, 6) is 0.0300. The first-order valence-electron chi connectivity index (χ1n) is 23.2. The van der Waals surface area contributed by atoms with Gasteiger partial charge >= 0.3 is 0 Å². The van der Waals surface area contributed by atoms with Gasteiger partial charge in [-0.2, -0.15) is 0 Å². The standard InChI is InChI=1S/C20H16F2N2O2.C20H18N2O3.C17H17N3O3/c21-18-7-2-8-19(22)17(18)11-20(25)24-15-5-1-6-16(10-15)26-13-14-4-3-9-23-12-14;1-24-18-8-2-6-16(11-18)20(23)22-17-7-3-9-19(12-17)25-14-15-5-4-10-21-13-15;21-16-7-6-15(20-16)17(22)19-13-4-1-5-14(9-13)23-11-12-3-2-8-18-10-12/h1-10,12H,11,13H2,(H,24,25);2-13H,14H2,1H3,(H,22,23);1-5,8-10,15H,6-7,11H2,(H,19,22)(H,20,21). The molecule has 17 heteroatoms. The summed E-state index contributed by atoms with van der Waals surface area (Å²) in [6.07, 6.45) is 10.8. The number of carbonyl (C=O) groups excluding carboxylic acids is 4. The van der Waals surface area contributed by atoms with Crippen LogP contribution in [0.15, 0.2) is 189 Å². The van der Waals surface area contributed by atoms with Gasteiger partial charge in [0, 0.05) is 107 Å². The molecule has 15 nitrogen and oxygen atoms in total. The summed E-state index contributed by atoms with van der Waals surface area (Å²) < 4.78 is 49.5. The molecule has 0 aliphatic carbocycles. The largest absolute Gasteiger partial charge is 0.497 e. The summed E-state index contributed by atoms with van der Waals surface area (Å²) in [4.78, 5) is 59.8. The minimum atomic E-state index is -0.742. The van der Waals surface area contributed by atoms with E-state index in [9.17, 15) is 28.0 Å². The molecule has 8 aromatic rings. The number of benzene rings is 5. The first kappa shape index (κ1) is 52.3. The van der Waals surface area contributed by atoms with E-state index in [1.807, 2.05) is 60.7 Å². The molecule has 1 atom stereocenters. The number of pyridine rings is 3. The van der Waals surface area contributed by atoms with Gasteiger partial charge in [-0.15, -0.1) is 0 Å². The number of nitrogens with one attached hydrogen (secondary N) is 4. The molecule has 74 heavy (non-hydrogen) atoms. The third kappa shape index (κ3) is 16.8. The van der Waals surface area contributed by atoms with Crippen LogP contribution in [0.4, 0.5) is 25.8 Å². The lowest BCUT2D eigenvalue weighted by atomic mass is 10.1. The van der Waals surface area contributed by atoms with E-state index in [1.165, 1.54) is 6.07 Å². The number of hydrogen-bond donors (Lipinski definition) is 4. The molecule has 0 saturated carbocycles. The van der Waals surface area contributed by atoms with Crippen molar-refractivity contribution in [3.8, 4) is 23.0 Å². The Morgan fingerprint density at radius 3 is 1.49 bits per heavy atom. The van der Waals surface area contributed by atoms with Gasteiger partial charge in [-0.25, -0.2) is 8.78 Å². The van der Waals surface area contributed by atoms with Crippen molar-refractivity contribution in [2.75, 3.05) is 23.1 Å². The van der Waals surface area contributed by atoms with Crippen LogP contribution in [0.1, 0.15) is 45.5 Å². The van der Waals surface area contributed by atoms with E-state index < -0.39 is 23.6 Å². The molecule has 1 saturated heterocycles. The maximum atomic E-state index is 13.6. The number of nitrogens with zero attached hydrogens (tertiary/aromatic N) is 3. The van der Waals surface area contributed by atoms with E-state index in [-0.39, 0.29) is 29.7 Å². The molecule has 4 N–H and O–H groups in total. The van der Waals surface area contributed by atoms with Crippen LogP contribution in [0.5, 0.6) is 23.0 Å². The highest BCUT2D eigenvalue weighted by Gasteiger charge is 2.27. The lowest BCUT2D eigenvalue weighted by Crippen LogP contribution is -2.37. The first-order chi connectivity index (χ1) is 36.1. The van der Waals surface area contributed by atoms with Gasteiger partial charge in [-0.1, -0.05) is 48.5 Å². The number of rotatable bonds is 17. The van der Waals surface area contributed by atoms with Crippen molar-refractivity contribution in [2.24, 2.45) is 0 Å². The normalized spacial score (nSPS) is 12.3. The molecule has 376 valence electrons. The average Bonchev–Trinajstić information content (AvgIpc) is 3.88. The maximum absolute atomic E-state index is 13.6. The van der Waals surface area contributed by atoms with E-state index in [2.05, 4.69) is 36.2 Å². The molecule has 0 spiro atoms. The minimum absolute atomic E-state index is 0.0845. The summed E-state index contributed by atoms with van der Waals surface area (Å²) in [6, 6.07) is 42.6. The van der Waals surface area contributed by atoms with Crippen molar-refractivity contribution < 1.29 is 46.9 Å². The van der Waals surface area contributed by atoms with Crippen molar-refractivity contribution in [2.45, 2.75) is 45.1 Å². The molecule has 3 aromatic heterocycles. The number of halogens is 2. The number of carbonyl (C=O) groups is 4. The quantitative estimate of drug-likeness (QED) is 0.0679. The molecule has 9 rings (SSSR count). The van der Waals surface area contributed by atoms with Gasteiger partial charge in [-0.3, -0.25) is 34.1 Å². The topological polar surface area (TPSA) is 192 Å².